The van der Waals surface area contributed by atoms with Crippen LogP contribution in [0, 0.1) is 13.8 Å². The summed E-state index contributed by atoms with van der Waals surface area (Å²) in [7, 11) is 0. The third-order valence-electron chi connectivity index (χ3n) is 7.18. The minimum Gasteiger partial charge on any atom is -0.406 e. The standard InChI is InChI=1S/C33H32F4N6O2S/c1-5-6-23-8-7-20(2)17-28(23)43-21(3)18-46-32(43)40-31(44)39-22(4)29(34)24-9-11-25(12-10-24)30-38-19-42(41-30)26-13-15-27(16-14-26)45-33(35,36)37/h7-19,22,29H,5-6H2,1-4H3,(H,39,44)/b40-32-. The number of carbonyl (C=O) groups is 1. The average Bonchev–Trinajstić information content (AvgIpc) is 3.64. The van der Waals surface area contributed by atoms with E-state index >= 15 is 4.39 Å². The number of hydrogen-bond donors (Lipinski definition) is 1. The van der Waals surface area contributed by atoms with Crippen molar-refractivity contribution in [1.82, 2.24) is 24.6 Å². The van der Waals surface area contributed by atoms with Gasteiger partial charge in [0.05, 0.1) is 17.4 Å². The van der Waals surface area contributed by atoms with Gasteiger partial charge in [-0.2, -0.15) is 4.99 Å². The van der Waals surface area contributed by atoms with Crippen molar-refractivity contribution < 1.29 is 27.1 Å². The molecule has 2 unspecified atom stereocenters. The van der Waals surface area contributed by atoms with Crippen LogP contribution < -0.4 is 14.9 Å². The van der Waals surface area contributed by atoms with E-state index in [0.29, 0.717) is 27.4 Å². The van der Waals surface area contributed by atoms with Crippen molar-refractivity contribution in [1.29, 1.82) is 0 Å². The fourth-order valence-electron chi connectivity index (χ4n) is 4.94. The van der Waals surface area contributed by atoms with E-state index in [4.69, 9.17) is 0 Å². The van der Waals surface area contributed by atoms with Gasteiger partial charge in [0.25, 0.3) is 0 Å². The molecule has 0 bridgehead atoms. The van der Waals surface area contributed by atoms with Gasteiger partial charge in [-0.25, -0.2) is 18.9 Å². The topological polar surface area (TPSA) is 86.3 Å². The summed E-state index contributed by atoms with van der Waals surface area (Å²) >= 11 is 1.35. The minimum atomic E-state index is -4.78. The summed E-state index contributed by atoms with van der Waals surface area (Å²) in [6, 6.07) is 16.5. The number of nitrogens with zero attached hydrogens (tertiary/aromatic N) is 5. The molecule has 0 spiro atoms. The maximum Gasteiger partial charge on any atom is 0.573 e. The van der Waals surface area contributed by atoms with Gasteiger partial charge in [-0.1, -0.05) is 49.7 Å². The van der Waals surface area contributed by atoms with Crippen LogP contribution in [0.2, 0.25) is 0 Å². The summed E-state index contributed by atoms with van der Waals surface area (Å²) in [5.74, 6) is -0.00599. The van der Waals surface area contributed by atoms with Gasteiger partial charge >= 0.3 is 12.4 Å². The molecule has 2 atom stereocenters. The number of alkyl halides is 4. The third kappa shape index (κ3) is 7.71. The Bertz CT molecular complexity index is 1880. The quantitative estimate of drug-likeness (QED) is 0.164. The molecule has 0 saturated heterocycles. The number of rotatable bonds is 9. The predicted molar refractivity (Wildman–Crippen MR) is 168 cm³/mol. The Labute approximate surface area is 267 Å². The van der Waals surface area contributed by atoms with Crippen molar-refractivity contribution in [2.45, 2.75) is 59.1 Å². The molecule has 240 valence electrons. The van der Waals surface area contributed by atoms with Gasteiger partial charge in [-0.15, -0.1) is 29.6 Å². The lowest BCUT2D eigenvalue weighted by Crippen LogP contribution is -2.35. The predicted octanol–water partition coefficient (Wildman–Crippen LogP) is 7.96. The molecule has 46 heavy (non-hydrogen) atoms. The molecular weight excluding hydrogens is 620 g/mol. The van der Waals surface area contributed by atoms with Crippen molar-refractivity contribution in [2.24, 2.45) is 4.99 Å². The molecule has 5 aromatic rings. The van der Waals surface area contributed by atoms with Gasteiger partial charge in [-0.3, -0.25) is 4.57 Å². The summed E-state index contributed by atoms with van der Waals surface area (Å²) in [5.41, 5.74) is 5.62. The lowest BCUT2D eigenvalue weighted by molar-refractivity contribution is -0.274. The van der Waals surface area contributed by atoms with Crippen LogP contribution in [0.3, 0.4) is 0 Å². The van der Waals surface area contributed by atoms with E-state index in [2.05, 4.69) is 50.3 Å². The van der Waals surface area contributed by atoms with Crippen LogP contribution in [0.15, 0.2) is 83.4 Å². The van der Waals surface area contributed by atoms with E-state index in [1.54, 1.807) is 31.2 Å². The number of thiazole rings is 1. The average molecular weight is 653 g/mol. The van der Waals surface area contributed by atoms with Crippen LogP contribution in [0.5, 0.6) is 5.75 Å². The number of ether oxygens (including phenoxy) is 1. The number of halogens is 4. The highest BCUT2D eigenvalue weighted by atomic mass is 32.1. The van der Waals surface area contributed by atoms with Crippen LogP contribution in [-0.4, -0.2) is 37.8 Å². The van der Waals surface area contributed by atoms with E-state index in [-0.39, 0.29) is 5.75 Å². The molecule has 8 nitrogen and oxygen atoms in total. The molecule has 13 heteroatoms. The molecule has 5 rings (SSSR count). The number of carbonyl (C=O) groups excluding carboxylic acids is 1. The summed E-state index contributed by atoms with van der Waals surface area (Å²) in [4.78, 5) is 22.0. The molecule has 0 fully saturated rings. The number of benzene rings is 3. The Morgan fingerprint density at radius 2 is 1.78 bits per heavy atom. The van der Waals surface area contributed by atoms with Gasteiger partial charge < -0.3 is 10.1 Å². The molecule has 1 N–H and O–H groups in total. The molecular formula is C33H32F4N6O2S. The van der Waals surface area contributed by atoms with Crippen LogP contribution in [0.4, 0.5) is 22.4 Å². The Kier molecular flexibility index (Phi) is 9.71. The van der Waals surface area contributed by atoms with Crippen LogP contribution >= 0.6 is 11.3 Å². The van der Waals surface area contributed by atoms with Crippen LogP contribution in [0.25, 0.3) is 22.8 Å². The second kappa shape index (κ2) is 13.7. The van der Waals surface area contributed by atoms with Crippen molar-refractivity contribution >= 4 is 17.4 Å². The lowest BCUT2D eigenvalue weighted by Gasteiger charge is -2.17. The number of hydrogen-bond acceptors (Lipinski definition) is 5. The van der Waals surface area contributed by atoms with Crippen LogP contribution in [-0.2, 0) is 6.42 Å². The zero-order valence-electron chi connectivity index (χ0n) is 25.5. The van der Waals surface area contributed by atoms with Crippen LogP contribution in [0.1, 0.15) is 48.8 Å². The zero-order chi connectivity index (χ0) is 33.0. The highest BCUT2D eigenvalue weighted by Gasteiger charge is 2.31. The lowest BCUT2D eigenvalue weighted by atomic mass is 10.0. The number of aryl methyl sites for hydroxylation is 3. The van der Waals surface area contributed by atoms with Gasteiger partial charge in [0.2, 0.25) is 0 Å². The van der Waals surface area contributed by atoms with E-state index in [9.17, 15) is 18.0 Å². The number of amides is 2. The maximum absolute atomic E-state index is 15.5. The summed E-state index contributed by atoms with van der Waals surface area (Å²) in [6.45, 7) is 7.68. The number of nitrogens with one attached hydrogen (secondary N) is 1. The normalized spacial score (nSPS) is 13.4. The molecule has 0 saturated carbocycles. The first-order chi connectivity index (χ1) is 21.9. The van der Waals surface area contributed by atoms with E-state index in [1.165, 1.54) is 46.6 Å². The second-order valence-electron chi connectivity index (χ2n) is 10.8. The fourth-order valence-corrected chi connectivity index (χ4v) is 5.80. The van der Waals surface area contributed by atoms with Gasteiger partial charge in [0.15, 0.2) is 10.6 Å². The molecule has 0 aliphatic carbocycles. The first-order valence-corrected chi connectivity index (χ1v) is 15.4. The van der Waals surface area contributed by atoms with E-state index in [0.717, 1.165) is 35.3 Å². The van der Waals surface area contributed by atoms with E-state index < -0.39 is 24.6 Å². The molecule has 0 aliphatic rings. The fraction of sp³-hybridized carbons (Fsp3) is 0.273. The third-order valence-corrected chi connectivity index (χ3v) is 8.12. The Morgan fingerprint density at radius 1 is 1.07 bits per heavy atom. The smallest absolute Gasteiger partial charge is 0.406 e. The van der Waals surface area contributed by atoms with Gasteiger partial charge in [-0.05, 0) is 74.2 Å². The monoisotopic (exact) mass is 652 g/mol. The maximum atomic E-state index is 15.5. The van der Waals surface area contributed by atoms with Gasteiger partial charge in [0, 0.05) is 16.6 Å². The molecule has 0 radical (unpaired) electrons. The van der Waals surface area contributed by atoms with Crippen molar-refractivity contribution in [3.63, 3.8) is 0 Å². The number of aromatic nitrogens is 4. The molecule has 2 amide bonds. The summed E-state index contributed by atoms with van der Waals surface area (Å²) in [6.07, 6.45) is -3.01. The first kappa shape index (κ1) is 32.6. The SMILES string of the molecule is CCCc1ccc(C)cc1-n1c(C)cs/c1=N\C(=O)NC(C)C(F)c1ccc(-c2ncn(-c3ccc(OC(F)(F)F)cc3)n2)cc1. The summed E-state index contributed by atoms with van der Waals surface area (Å²) in [5, 5.41) is 8.98. The van der Waals surface area contributed by atoms with E-state index in [1.807, 2.05) is 23.8 Å². The zero-order valence-corrected chi connectivity index (χ0v) is 26.4. The van der Waals surface area contributed by atoms with Crippen molar-refractivity contribution in [3.05, 3.63) is 106 Å². The Morgan fingerprint density at radius 3 is 2.46 bits per heavy atom. The van der Waals surface area contributed by atoms with Gasteiger partial charge in [0.1, 0.15) is 18.2 Å². The van der Waals surface area contributed by atoms with Crippen molar-refractivity contribution in [2.75, 3.05) is 0 Å². The highest BCUT2D eigenvalue weighted by Crippen LogP contribution is 2.26. The highest BCUT2D eigenvalue weighted by molar-refractivity contribution is 7.07. The molecule has 2 aromatic heterocycles. The first-order valence-electron chi connectivity index (χ1n) is 14.6. The largest absolute Gasteiger partial charge is 0.573 e. The molecule has 3 aromatic carbocycles. The van der Waals surface area contributed by atoms with Crippen molar-refractivity contribution in [3.8, 4) is 28.5 Å². The Hall–Kier alpha value is -4.78. The molecule has 2 heterocycles. The number of urea groups is 1. The summed E-state index contributed by atoms with van der Waals surface area (Å²) < 4.78 is 60.0. The minimum absolute atomic E-state index is 0.341. The molecule has 0 aliphatic heterocycles. The second-order valence-corrected chi connectivity index (χ2v) is 11.6. The Balaban J connectivity index is 1.26.